The van der Waals surface area contributed by atoms with Gasteiger partial charge in [-0.05, 0) is 46.6 Å². The van der Waals surface area contributed by atoms with Gasteiger partial charge in [0.15, 0.2) is 5.50 Å². The summed E-state index contributed by atoms with van der Waals surface area (Å²) in [6.45, 7) is 12.1. The van der Waals surface area contributed by atoms with E-state index < -0.39 is 35.5 Å². The molecule has 3 heterocycles. The second-order valence-electron chi connectivity index (χ2n) is 8.95. The van der Waals surface area contributed by atoms with Crippen molar-refractivity contribution in [3.8, 4) is 0 Å². The molecule has 1 aromatic rings. The summed E-state index contributed by atoms with van der Waals surface area (Å²) in [5.74, 6) is 0. The van der Waals surface area contributed by atoms with Crippen molar-refractivity contribution in [2.24, 2.45) is 0 Å². The normalized spacial score (nSPS) is 41.1. The lowest BCUT2D eigenvalue weighted by Gasteiger charge is -2.32. The van der Waals surface area contributed by atoms with Crippen LogP contribution in [0.1, 0.15) is 59.6 Å². The molecule has 26 heavy (non-hydrogen) atoms. The Balaban J connectivity index is 1.69. The summed E-state index contributed by atoms with van der Waals surface area (Å²) in [5, 5.41) is 11.4. The summed E-state index contributed by atoms with van der Waals surface area (Å²) in [5.41, 5.74) is -1.58. The number of hydrogen-bond donors (Lipinski definition) is 1. The summed E-state index contributed by atoms with van der Waals surface area (Å²) in [7, 11) is -0.661. The van der Waals surface area contributed by atoms with E-state index in [-0.39, 0.29) is 12.2 Å². The van der Waals surface area contributed by atoms with Crippen LogP contribution in [-0.4, -0.2) is 46.7 Å². The van der Waals surface area contributed by atoms with Crippen LogP contribution < -0.4 is 0 Å². The van der Waals surface area contributed by atoms with Crippen molar-refractivity contribution >= 4 is 7.12 Å². The van der Waals surface area contributed by atoms with Crippen molar-refractivity contribution in [2.45, 2.75) is 88.6 Å². The second-order valence-corrected chi connectivity index (χ2v) is 8.95. The van der Waals surface area contributed by atoms with E-state index in [0.717, 1.165) is 12.0 Å². The van der Waals surface area contributed by atoms with Crippen molar-refractivity contribution in [1.82, 2.24) is 0 Å². The fourth-order valence-electron chi connectivity index (χ4n) is 4.12. The molecular formula is C20H29BO5. The van der Waals surface area contributed by atoms with Crippen molar-refractivity contribution in [3.63, 3.8) is 0 Å². The molecule has 3 fully saturated rings. The first-order valence-electron chi connectivity index (χ1n) is 9.53. The highest BCUT2D eigenvalue weighted by Crippen LogP contribution is 2.62. The van der Waals surface area contributed by atoms with E-state index >= 15 is 0 Å². The van der Waals surface area contributed by atoms with E-state index in [4.69, 9.17) is 18.8 Å². The molecule has 0 radical (unpaired) electrons. The monoisotopic (exact) mass is 360 g/mol. The van der Waals surface area contributed by atoms with Crippen LogP contribution in [0, 0.1) is 0 Å². The van der Waals surface area contributed by atoms with Gasteiger partial charge in [-0.2, -0.15) is 0 Å². The molecule has 3 aliphatic heterocycles. The minimum atomic E-state index is -0.967. The molecule has 0 saturated carbocycles. The third-order valence-electron chi connectivity index (χ3n) is 6.72. The number of ether oxygens (including phenoxy) is 2. The highest BCUT2D eigenvalue weighted by atomic mass is 16.7. The summed E-state index contributed by atoms with van der Waals surface area (Å²) >= 11 is 0. The van der Waals surface area contributed by atoms with Crippen molar-refractivity contribution in [1.29, 1.82) is 0 Å². The van der Waals surface area contributed by atoms with E-state index in [0.29, 0.717) is 0 Å². The molecule has 1 N–H and O–H groups in total. The predicted octanol–water partition coefficient (Wildman–Crippen LogP) is 3.06. The molecule has 4 rings (SSSR count). The van der Waals surface area contributed by atoms with Gasteiger partial charge in [0, 0.05) is 0 Å². The zero-order valence-electron chi connectivity index (χ0n) is 16.5. The molecule has 5 nitrogen and oxygen atoms in total. The maximum atomic E-state index is 11.4. The third-order valence-corrected chi connectivity index (χ3v) is 6.72. The third kappa shape index (κ3) is 2.43. The SMILES string of the molecule is CCC1OC1(C)C(O)C1(B2OC(C)(C)C(C)(C)O2)OC1c1ccccc1. The minimum Gasteiger partial charge on any atom is -0.401 e. The van der Waals surface area contributed by atoms with Crippen molar-refractivity contribution < 1.29 is 23.9 Å². The smallest absolute Gasteiger partial charge is 0.401 e. The van der Waals surface area contributed by atoms with Crippen molar-refractivity contribution in [2.75, 3.05) is 0 Å². The van der Waals surface area contributed by atoms with E-state index in [9.17, 15) is 5.11 Å². The largest absolute Gasteiger partial charge is 0.498 e. The topological polar surface area (TPSA) is 63.8 Å². The van der Waals surface area contributed by atoms with Gasteiger partial charge in [-0.25, -0.2) is 0 Å². The van der Waals surface area contributed by atoms with Gasteiger partial charge in [0.1, 0.15) is 17.8 Å². The molecular weight excluding hydrogens is 331 g/mol. The van der Waals surface area contributed by atoms with Gasteiger partial charge >= 0.3 is 7.12 Å². The van der Waals surface area contributed by atoms with Gasteiger partial charge in [0.05, 0.1) is 17.3 Å². The van der Waals surface area contributed by atoms with Gasteiger partial charge in [-0.3, -0.25) is 0 Å². The van der Waals surface area contributed by atoms with E-state index in [2.05, 4.69) is 6.92 Å². The number of rotatable bonds is 5. The van der Waals surface area contributed by atoms with E-state index in [1.54, 1.807) is 0 Å². The van der Waals surface area contributed by atoms with Crippen LogP contribution in [0.3, 0.4) is 0 Å². The van der Waals surface area contributed by atoms with Crippen LogP contribution >= 0.6 is 0 Å². The van der Waals surface area contributed by atoms with Crippen LogP contribution in [0.2, 0.25) is 0 Å². The van der Waals surface area contributed by atoms with Gasteiger partial charge < -0.3 is 23.9 Å². The predicted molar refractivity (Wildman–Crippen MR) is 98.7 cm³/mol. The Morgan fingerprint density at radius 1 is 1.00 bits per heavy atom. The maximum Gasteiger partial charge on any atom is 0.498 e. The zero-order valence-corrected chi connectivity index (χ0v) is 16.5. The summed E-state index contributed by atoms with van der Waals surface area (Å²) < 4.78 is 24.6. The quantitative estimate of drug-likeness (QED) is 0.646. The van der Waals surface area contributed by atoms with E-state index in [1.165, 1.54) is 0 Å². The Morgan fingerprint density at radius 2 is 1.58 bits per heavy atom. The first-order valence-corrected chi connectivity index (χ1v) is 9.53. The molecule has 0 amide bonds. The molecule has 3 aliphatic rings. The first kappa shape index (κ1) is 18.4. The Labute approximate surface area is 156 Å². The Hall–Kier alpha value is -0.915. The van der Waals surface area contributed by atoms with Crippen LogP contribution in [0.5, 0.6) is 0 Å². The first-order chi connectivity index (χ1) is 12.1. The molecule has 0 spiro atoms. The maximum absolute atomic E-state index is 11.4. The second kappa shape index (κ2) is 5.55. The summed E-state index contributed by atoms with van der Waals surface area (Å²) in [4.78, 5) is 0. The van der Waals surface area contributed by atoms with Crippen LogP contribution in [-0.2, 0) is 18.8 Å². The van der Waals surface area contributed by atoms with Crippen molar-refractivity contribution in [3.05, 3.63) is 35.9 Å². The average Bonchev–Trinajstić information content (AvgIpc) is 3.46. The Morgan fingerprint density at radius 3 is 2.08 bits per heavy atom. The fraction of sp³-hybridized carbons (Fsp3) is 0.700. The molecule has 0 aliphatic carbocycles. The van der Waals surface area contributed by atoms with Crippen LogP contribution in [0.15, 0.2) is 30.3 Å². The number of epoxide rings is 2. The number of hydrogen-bond acceptors (Lipinski definition) is 5. The molecule has 6 heteroatoms. The molecule has 3 saturated heterocycles. The Kier molecular flexibility index (Phi) is 3.94. The van der Waals surface area contributed by atoms with Crippen LogP contribution in [0.25, 0.3) is 0 Å². The van der Waals surface area contributed by atoms with Gasteiger partial charge in [-0.15, -0.1) is 0 Å². The highest BCUT2D eigenvalue weighted by molar-refractivity contribution is 6.51. The molecule has 0 aromatic heterocycles. The van der Waals surface area contributed by atoms with Gasteiger partial charge in [0.25, 0.3) is 0 Å². The number of aliphatic hydroxyl groups excluding tert-OH is 1. The Bertz CT molecular complexity index is 677. The number of benzene rings is 1. The number of aliphatic hydroxyl groups is 1. The summed E-state index contributed by atoms with van der Waals surface area (Å²) in [6, 6.07) is 9.94. The lowest BCUT2D eigenvalue weighted by Crippen LogP contribution is -2.53. The highest BCUT2D eigenvalue weighted by Gasteiger charge is 2.80. The van der Waals surface area contributed by atoms with E-state index in [1.807, 2.05) is 65.0 Å². The fourth-order valence-corrected chi connectivity index (χ4v) is 4.12. The lowest BCUT2D eigenvalue weighted by atomic mass is 9.62. The summed E-state index contributed by atoms with van der Waals surface area (Å²) in [6.07, 6.45) is -0.257. The molecule has 0 bridgehead atoms. The molecule has 5 atom stereocenters. The molecule has 1 aromatic carbocycles. The average molecular weight is 360 g/mol. The standard InChI is InChI=1S/C20H29BO5/c1-7-14-19(6,23-14)16(22)20(15(24-20)13-11-9-8-10-12-13)21-25-17(2,3)18(4,5)26-21/h8-12,14-16,22H,7H2,1-6H3. The molecule has 5 unspecified atom stereocenters. The molecule has 142 valence electrons. The van der Waals surface area contributed by atoms with Gasteiger partial charge in [-0.1, -0.05) is 37.3 Å². The van der Waals surface area contributed by atoms with Crippen LogP contribution in [0.4, 0.5) is 0 Å². The van der Waals surface area contributed by atoms with Gasteiger partial charge in [0.2, 0.25) is 0 Å². The zero-order chi connectivity index (χ0) is 19.0. The minimum absolute atomic E-state index is 0.0254. The lowest BCUT2D eigenvalue weighted by molar-refractivity contribution is 0.00578.